The number of methoxy groups -OCH3 is 1. The number of H-pyrrole nitrogens is 1. The molecule has 2 heterocycles. The monoisotopic (exact) mass is 345 g/mol. The van der Waals surface area contributed by atoms with Crippen molar-refractivity contribution in [1.29, 1.82) is 0 Å². The summed E-state index contributed by atoms with van der Waals surface area (Å²) in [5.74, 6) is 0.475. The topological polar surface area (TPSA) is 55.2 Å². The molecule has 4 aromatic rings. The molecular formula is C22H19NO3. The van der Waals surface area contributed by atoms with Gasteiger partial charge < -0.3 is 14.1 Å². The number of carbonyl (C=O) groups is 1. The van der Waals surface area contributed by atoms with Gasteiger partial charge in [0.05, 0.1) is 18.4 Å². The Morgan fingerprint density at radius 2 is 1.69 bits per heavy atom. The third-order valence-electron chi connectivity index (χ3n) is 4.51. The molecule has 0 bridgehead atoms. The summed E-state index contributed by atoms with van der Waals surface area (Å²) in [4.78, 5) is 14.9. The number of benzene rings is 2. The van der Waals surface area contributed by atoms with Gasteiger partial charge in [-0.05, 0) is 61.4 Å². The van der Waals surface area contributed by atoms with Crippen molar-refractivity contribution in [1.82, 2.24) is 4.98 Å². The molecule has 4 heteroatoms. The molecule has 0 amide bonds. The second kappa shape index (κ2) is 6.23. The highest BCUT2D eigenvalue weighted by molar-refractivity contribution is 5.90. The van der Waals surface area contributed by atoms with Crippen LogP contribution in [0, 0.1) is 13.8 Å². The van der Waals surface area contributed by atoms with Crippen LogP contribution < -0.4 is 0 Å². The maximum absolute atomic E-state index is 11.5. The average molecular weight is 345 g/mol. The van der Waals surface area contributed by atoms with Gasteiger partial charge in [0.15, 0.2) is 5.76 Å². The lowest BCUT2D eigenvalue weighted by molar-refractivity contribution is 0.0601. The van der Waals surface area contributed by atoms with E-state index in [1.54, 1.807) is 12.1 Å². The lowest BCUT2D eigenvalue weighted by Crippen LogP contribution is -2.00. The van der Waals surface area contributed by atoms with Crippen molar-refractivity contribution in [3.63, 3.8) is 0 Å². The molecule has 0 saturated heterocycles. The van der Waals surface area contributed by atoms with Gasteiger partial charge in [0.25, 0.3) is 0 Å². The third-order valence-corrected chi connectivity index (χ3v) is 4.51. The van der Waals surface area contributed by atoms with Gasteiger partial charge in [0.1, 0.15) is 5.58 Å². The number of carbonyl (C=O) groups excluding carboxylic acids is 1. The number of furan rings is 1. The molecular weight excluding hydrogens is 326 g/mol. The zero-order chi connectivity index (χ0) is 18.3. The molecule has 4 rings (SSSR count). The summed E-state index contributed by atoms with van der Waals surface area (Å²) in [5, 5.41) is 1.11. The van der Waals surface area contributed by atoms with E-state index in [0.717, 1.165) is 39.2 Å². The number of ether oxygens (including phenoxy) is 1. The Hall–Kier alpha value is -3.27. The first-order valence-electron chi connectivity index (χ1n) is 8.44. The first-order chi connectivity index (χ1) is 12.5. The van der Waals surface area contributed by atoms with Crippen molar-refractivity contribution in [2.24, 2.45) is 0 Å². The molecule has 0 saturated carbocycles. The van der Waals surface area contributed by atoms with Crippen molar-refractivity contribution in [3.05, 3.63) is 71.3 Å². The lowest BCUT2D eigenvalue weighted by atomic mass is 10.1. The fraction of sp³-hybridized carbons (Fsp3) is 0.136. The van der Waals surface area contributed by atoms with Gasteiger partial charge in [-0.25, -0.2) is 4.79 Å². The Morgan fingerprint density at radius 3 is 2.42 bits per heavy atom. The molecule has 1 N–H and O–H groups in total. The van der Waals surface area contributed by atoms with E-state index in [1.165, 1.54) is 12.7 Å². The Labute approximate surface area is 151 Å². The van der Waals surface area contributed by atoms with Crippen molar-refractivity contribution >= 4 is 16.9 Å². The van der Waals surface area contributed by atoms with Crippen LogP contribution in [0.3, 0.4) is 0 Å². The van der Waals surface area contributed by atoms with Gasteiger partial charge in [-0.2, -0.15) is 0 Å². The molecule has 0 spiro atoms. The molecule has 0 radical (unpaired) electrons. The summed E-state index contributed by atoms with van der Waals surface area (Å²) in [6.45, 7) is 4.15. The fourth-order valence-electron chi connectivity index (χ4n) is 3.26. The molecule has 0 unspecified atom stereocenters. The van der Waals surface area contributed by atoms with Crippen LogP contribution in [0.15, 0.2) is 59.0 Å². The van der Waals surface area contributed by atoms with Crippen LogP contribution in [0.25, 0.3) is 33.7 Å². The van der Waals surface area contributed by atoms with Gasteiger partial charge >= 0.3 is 5.97 Å². The van der Waals surface area contributed by atoms with Crippen LogP contribution >= 0.6 is 0 Å². The SMILES string of the molecule is COC(=O)c1ccc(-c2ccc(-c3cc4cc(C)cc(C)c4o3)[nH]2)cc1. The van der Waals surface area contributed by atoms with E-state index in [-0.39, 0.29) is 5.97 Å². The Kier molecular flexibility index (Phi) is 3.88. The second-order valence-corrected chi connectivity index (χ2v) is 6.47. The number of fused-ring (bicyclic) bond motifs is 1. The van der Waals surface area contributed by atoms with E-state index in [9.17, 15) is 4.79 Å². The summed E-state index contributed by atoms with van der Waals surface area (Å²) in [6, 6.07) is 17.6. The van der Waals surface area contributed by atoms with Gasteiger partial charge in [-0.3, -0.25) is 0 Å². The molecule has 26 heavy (non-hydrogen) atoms. The normalized spacial score (nSPS) is 11.0. The van der Waals surface area contributed by atoms with E-state index in [1.807, 2.05) is 24.3 Å². The smallest absolute Gasteiger partial charge is 0.337 e. The van der Waals surface area contributed by atoms with Gasteiger partial charge in [-0.15, -0.1) is 0 Å². The van der Waals surface area contributed by atoms with Crippen LogP contribution in [0.5, 0.6) is 0 Å². The lowest BCUT2D eigenvalue weighted by Gasteiger charge is -2.01. The van der Waals surface area contributed by atoms with Crippen molar-refractivity contribution < 1.29 is 13.9 Å². The van der Waals surface area contributed by atoms with Gasteiger partial charge in [0.2, 0.25) is 0 Å². The van der Waals surface area contributed by atoms with Crippen LogP contribution in [0.1, 0.15) is 21.5 Å². The maximum Gasteiger partial charge on any atom is 0.337 e. The number of hydrogen-bond donors (Lipinski definition) is 1. The summed E-state index contributed by atoms with van der Waals surface area (Å²) in [5.41, 5.74) is 6.69. The van der Waals surface area contributed by atoms with Crippen LogP contribution in [0.2, 0.25) is 0 Å². The Morgan fingerprint density at radius 1 is 0.962 bits per heavy atom. The number of aromatic amines is 1. The number of aryl methyl sites for hydroxylation is 2. The van der Waals surface area contributed by atoms with Crippen LogP contribution in [-0.4, -0.2) is 18.1 Å². The maximum atomic E-state index is 11.5. The minimum Gasteiger partial charge on any atom is -0.465 e. The summed E-state index contributed by atoms with van der Waals surface area (Å²) in [7, 11) is 1.38. The number of esters is 1. The Bertz CT molecular complexity index is 1100. The van der Waals surface area contributed by atoms with Crippen molar-refractivity contribution in [2.45, 2.75) is 13.8 Å². The first-order valence-corrected chi connectivity index (χ1v) is 8.44. The van der Waals surface area contributed by atoms with Gasteiger partial charge in [-0.1, -0.05) is 23.8 Å². The minimum absolute atomic E-state index is 0.336. The molecule has 2 aromatic heterocycles. The predicted molar refractivity (Wildman–Crippen MR) is 102 cm³/mol. The van der Waals surface area contributed by atoms with Gasteiger partial charge in [0, 0.05) is 11.1 Å². The highest BCUT2D eigenvalue weighted by atomic mass is 16.5. The molecule has 2 aromatic carbocycles. The second-order valence-electron chi connectivity index (χ2n) is 6.47. The number of aromatic nitrogens is 1. The molecule has 0 atom stereocenters. The van der Waals surface area contributed by atoms with Crippen LogP contribution in [-0.2, 0) is 4.74 Å². The molecule has 0 aliphatic carbocycles. The number of rotatable bonds is 3. The van der Waals surface area contributed by atoms with Crippen LogP contribution in [0.4, 0.5) is 0 Å². The molecule has 0 aliphatic rings. The zero-order valence-corrected chi connectivity index (χ0v) is 14.9. The molecule has 130 valence electrons. The zero-order valence-electron chi connectivity index (χ0n) is 14.9. The summed E-state index contributed by atoms with van der Waals surface area (Å²) in [6.07, 6.45) is 0. The molecule has 0 fully saturated rings. The first kappa shape index (κ1) is 16.2. The van der Waals surface area contributed by atoms with E-state index in [4.69, 9.17) is 9.15 Å². The standard InChI is InChI=1S/C22H19NO3/c1-13-10-14(2)21-17(11-13)12-20(26-21)19-9-8-18(23-19)15-4-6-16(7-5-15)22(24)25-3/h4-12,23H,1-3H3. The number of nitrogens with one attached hydrogen (secondary N) is 1. The summed E-state index contributed by atoms with van der Waals surface area (Å²) < 4.78 is 10.8. The summed E-state index contributed by atoms with van der Waals surface area (Å²) >= 11 is 0. The molecule has 0 aliphatic heterocycles. The predicted octanol–water partition coefficient (Wildman–Crippen LogP) is 5.50. The van der Waals surface area contributed by atoms with Crippen molar-refractivity contribution in [2.75, 3.05) is 7.11 Å². The van der Waals surface area contributed by atoms with Crippen molar-refractivity contribution in [3.8, 4) is 22.7 Å². The van der Waals surface area contributed by atoms with E-state index in [0.29, 0.717) is 5.56 Å². The Balaban J connectivity index is 1.68. The van der Waals surface area contributed by atoms with E-state index in [2.05, 4.69) is 37.0 Å². The minimum atomic E-state index is -0.336. The van der Waals surface area contributed by atoms with E-state index >= 15 is 0 Å². The third kappa shape index (κ3) is 2.80. The number of hydrogen-bond acceptors (Lipinski definition) is 3. The average Bonchev–Trinajstić information content (AvgIpc) is 3.28. The fourth-order valence-corrected chi connectivity index (χ4v) is 3.26. The highest BCUT2D eigenvalue weighted by Crippen LogP contribution is 2.31. The largest absolute Gasteiger partial charge is 0.465 e. The van der Waals surface area contributed by atoms with E-state index < -0.39 is 0 Å². The quantitative estimate of drug-likeness (QED) is 0.499. The highest BCUT2D eigenvalue weighted by Gasteiger charge is 2.12. The molecule has 4 nitrogen and oxygen atoms in total.